The van der Waals surface area contributed by atoms with Gasteiger partial charge in [0.1, 0.15) is 0 Å². The zero-order valence-electron chi connectivity index (χ0n) is 18.1. The fraction of sp³-hybridized carbons (Fsp3) is 0.500. The highest BCUT2D eigenvalue weighted by Crippen LogP contribution is 2.38. The van der Waals surface area contributed by atoms with Gasteiger partial charge in [-0.25, -0.2) is 4.79 Å². The Kier molecular flexibility index (Phi) is 5.68. The fourth-order valence-electron chi connectivity index (χ4n) is 5.49. The number of anilines is 1. The zero-order valence-corrected chi connectivity index (χ0v) is 18.1. The van der Waals surface area contributed by atoms with Gasteiger partial charge in [0, 0.05) is 55.7 Å². The van der Waals surface area contributed by atoms with Crippen LogP contribution in [0.1, 0.15) is 60.5 Å². The molecule has 168 valence electrons. The number of carbonyl (C=O) groups is 2. The Morgan fingerprint density at radius 1 is 1.03 bits per heavy atom. The monoisotopic (exact) mass is 435 g/mol. The second-order valence-electron chi connectivity index (χ2n) is 9.26. The van der Waals surface area contributed by atoms with Crippen LogP contribution in [0.4, 0.5) is 10.5 Å². The van der Waals surface area contributed by atoms with Crippen molar-refractivity contribution in [2.24, 2.45) is 5.92 Å². The second-order valence-corrected chi connectivity index (χ2v) is 9.26. The van der Waals surface area contributed by atoms with E-state index in [4.69, 9.17) is 0 Å². The minimum atomic E-state index is -0.260. The molecule has 2 N–H and O–H groups in total. The van der Waals surface area contributed by atoms with Gasteiger partial charge in [-0.05, 0) is 43.4 Å². The van der Waals surface area contributed by atoms with E-state index in [1.165, 1.54) is 31.5 Å². The van der Waals surface area contributed by atoms with Gasteiger partial charge in [-0.2, -0.15) is 0 Å². The number of nitrogens with one attached hydrogen (secondary N) is 2. The number of amides is 3. The number of hydrogen-bond donors (Lipinski definition) is 2. The number of aromatic nitrogens is 2. The van der Waals surface area contributed by atoms with Gasteiger partial charge < -0.3 is 20.1 Å². The highest BCUT2D eigenvalue weighted by molar-refractivity contribution is 6.04. The molecule has 1 saturated carbocycles. The highest BCUT2D eigenvalue weighted by atomic mass is 16.2. The number of likely N-dealkylation sites (tertiary alicyclic amines) is 1. The van der Waals surface area contributed by atoms with Crippen molar-refractivity contribution < 1.29 is 9.59 Å². The lowest BCUT2D eigenvalue weighted by Gasteiger charge is -2.43. The molecule has 2 bridgehead atoms. The van der Waals surface area contributed by atoms with Crippen molar-refractivity contribution in [3.05, 3.63) is 58.3 Å². The molecule has 2 atom stereocenters. The van der Waals surface area contributed by atoms with Crippen molar-refractivity contribution in [1.29, 1.82) is 0 Å². The lowest BCUT2D eigenvalue weighted by Crippen LogP contribution is -2.53. The van der Waals surface area contributed by atoms with Crippen LogP contribution in [0.25, 0.3) is 0 Å². The molecule has 0 radical (unpaired) electrons. The SMILES string of the molecule is O=C(Nc1ccc(=O)n2c1C1CC(CN(C(=O)NC3CCCCC3)C1)C2)c1cccnc1. The fourth-order valence-corrected chi connectivity index (χ4v) is 5.49. The van der Waals surface area contributed by atoms with Crippen LogP contribution >= 0.6 is 0 Å². The summed E-state index contributed by atoms with van der Waals surface area (Å²) in [7, 11) is 0. The molecule has 3 amide bonds. The number of piperidine rings is 1. The summed E-state index contributed by atoms with van der Waals surface area (Å²) in [6, 6.07) is 6.88. The number of nitrogens with zero attached hydrogens (tertiary/aromatic N) is 3. The van der Waals surface area contributed by atoms with Gasteiger partial charge in [-0.1, -0.05) is 19.3 Å². The van der Waals surface area contributed by atoms with Crippen molar-refractivity contribution in [2.75, 3.05) is 18.4 Å². The average molecular weight is 436 g/mol. The predicted octanol–water partition coefficient (Wildman–Crippen LogP) is 2.96. The van der Waals surface area contributed by atoms with E-state index in [2.05, 4.69) is 15.6 Å². The topological polar surface area (TPSA) is 96.3 Å². The molecule has 0 aromatic carbocycles. The lowest BCUT2D eigenvalue weighted by atomic mass is 9.82. The molecule has 2 aliphatic heterocycles. The number of hydrogen-bond acceptors (Lipinski definition) is 4. The number of urea groups is 1. The number of rotatable bonds is 3. The minimum absolute atomic E-state index is 0.000673. The first-order valence-corrected chi connectivity index (χ1v) is 11.6. The summed E-state index contributed by atoms with van der Waals surface area (Å²) in [5.41, 5.74) is 1.86. The molecule has 1 saturated heterocycles. The predicted molar refractivity (Wildman–Crippen MR) is 121 cm³/mol. The van der Waals surface area contributed by atoms with Crippen molar-refractivity contribution in [1.82, 2.24) is 19.8 Å². The van der Waals surface area contributed by atoms with Crippen LogP contribution in [0, 0.1) is 5.92 Å². The average Bonchev–Trinajstić information content (AvgIpc) is 2.82. The summed E-state index contributed by atoms with van der Waals surface area (Å²) in [5, 5.41) is 6.19. The molecule has 0 spiro atoms. The van der Waals surface area contributed by atoms with E-state index in [1.54, 1.807) is 29.0 Å². The Labute approximate surface area is 187 Å². The van der Waals surface area contributed by atoms with Crippen LogP contribution in [0.3, 0.4) is 0 Å². The molecule has 1 aliphatic carbocycles. The molecule has 2 fully saturated rings. The van der Waals surface area contributed by atoms with Gasteiger partial charge in [-0.3, -0.25) is 14.6 Å². The molecule has 2 unspecified atom stereocenters. The van der Waals surface area contributed by atoms with Gasteiger partial charge in [-0.15, -0.1) is 0 Å². The van der Waals surface area contributed by atoms with Crippen LogP contribution in [0.15, 0.2) is 41.5 Å². The van der Waals surface area contributed by atoms with E-state index >= 15 is 0 Å². The third kappa shape index (κ3) is 4.13. The summed E-state index contributed by atoms with van der Waals surface area (Å²) in [6.07, 6.45) is 9.75. The van der Waals surface area contributed by atoms with E-state index in [1.807, 2.05) is 4.90 Å². The normalized spacial score (nSPS) is 22.7. The first kappa shape index (κ1) is 20.7. The molecule has 5 rings (SSSR count). The lowest BCUT2D eigenvalue weighted by molar-refractivity contribution is 0.102. The Bertz CT molecular complexity index is 1060. The summed E-state index contributed by atoms with van der Waals surface area (Å²) in [6.45, 7) is 1.77. The Hall–Kier alpha value is -3.16. The molecule has 4 heterocycles. The second kappa shape index (κ2) is 8.76. The maximum atomic E-state index is 13.0. The van der Waals surface area contributed by atoms with Gasteiger partial charge in [0.05, 0.1) is 11.3 Å². The maximum absolute atomic E-state index is 13.0. The third-order valence-corrected chi connectivity index (χ3v) is 6.98. The van der Waals surface area contributed by atoms with Gasteiger partial charge in [0.15, 0.2) is 0 Å². The van der Waals surface area contributed by atoms with E-state index in [0.717, 1.165) is 25.0 Å². The minimum Gasteiger partial charge on any atom is -0.335 e. The summed E-state index contributed by atoms with van der Waals surface area (Å²) < 4.78 is 1.79. The van der Waals surface area contributed by atoms with Crippen molar-refractivity contribution in [2.45, 2.75) is 57.0 Å². The molecule has 32 heavy (non-hydrogen) atoms. The number of carbonyl (C=O) groups excluding carboxylic acids is 2. The van der Waals surface area contributed by atoms with E-state index in [-0.39, 0.29) is 35.4 Å². The Morgan fingerprint density at radius 2 is 1.88 bits per heavy atom. The molecule has 3 aliphatic rings. The van der Waals surface area contributed by atoms with Crippen LogP contribution in [-0.4, -0.2) is 45.5 Å². The third-order valence-electron chi connectivity index (χ3n) is 6.98. The van der Waals surface area contributed by atoms with Crippen LogP contribution in [-0.2, 0) is 6.54 Å². The van der Waals surface area contributed by atoms with E-state index in [0.29, 0.717) is 30.9 Å². The van der Waals surface area contributed by atoms with Crippen LogP contribution in [0.2, 0.25) is 0 Å². The molecular formula is C24H29N5O3. The Morgan fingerprint density at radius 3 is 2.66 bits per heavy atom. The quantitative estimate of drug-likeness (QED) is 0.775. The van der Waals surface area contributed by atoms with Gasteiger partial charge >= 0.3 is 6.03 Å². The molecule has 2 aromatic heterocycles. The smallest absolute Gasteiger partial charge is 0.317 e. The Balaban J connectivity index is 1.37. The van der Waals surface area contributed by atoms with Crippen molar-refractivity contribution >= 4 is 17.6 Å². The van der Waals surface area contributed by atoms with Crippen molar-refractivity contribution in [3.63, 3.8) is 0 Å². The molecule has 8 heteroatoms. The standard InChI is InChI=1S/C24H29N5O3/c30-21-9-8-20(27-23(31)17-5-4-10-25-12-17)22-18-11-16(14-29(21)22)13-28(15-18)24(32)26-19-6-2-1-3-7-19/h4-5,8-10,12,16,18-19H,1-3,6-7,11,13-15H2,(H,26,32)(H,27,31). The highest BCUT2D eigenvalue weighted by Gasteiger charge is 2.38. The summed E-state index contributed by atoms with van der Waals surface area (Å²) >= 11 is 0. The number of pyridine rings is 2. The van der Waals surface area contributed by atoms with E-state index in [9.17, 15) is 14.4 Å². The largest absolute Gasteiger partial charge is 0.335 e. The molecule has 2 aromatic rings. The van der Waals surface area contributed by atoms with Gasteiger partial charge in [0.2, 0.25) is 0 Å². The van der Waals surface area contributed by atoms with Crippen molar-refractivity contribution in [3.8, 4) is 0 Å². The van der Waals surface area contributed by atoms with Gasteiger partial charge in [0.25, 0.3) is 11.5 Å². The van der Waals surface area contributed by atoms with Crippen LogP contribution in [0.5, 0.6) is 0 Å². The number of fused-ring (bicyclic) bond motifs is 4. The molecular weight excluding hydrogens is 406 g/mol. The zero-order chi connectivity index (χ0) is 22.1. The first-order chi connectivity index (χ1) is 15.6. The first-order valence-electron chi connectivity index (χ1n) is 11.6. The maximum Gasteiger partial charge on any atom is 0.317 e. The summed E-state index contributed by atoms with van der Waals surface area (Å²) in [4.78, 5) is 44.3. The van der Waals surface area contributed by atoms with Crippen LogP contribution < -0.4 is 16.2 Å². The molecule has 8 nitrogen and oxygen atoms in total. The summed E-state index contributed by atoms with van der Waals surface area (Å²) in [5.74, 6) is -0.0117. The van der Waals surface area contributed by atoms with E-state index < -0.39 is 0 Å².